The van der Waals surface area contributed by atoms with Crippen molar-refractivity contribution in [1.29, 1.82) is 0 Å². The number of thiophene rings is 1. The topological polar surface area (TPSA) is 65.1 Å². The van der Waals surface area contributed by atoms with Gasteiger partial charge in [0.2, 0.25) is 0 Å². The van der Waals surface area contributed by atoms with Crippen LogP contribution in [0.4, 0.5) is 0 Å². The Morgan fingerprint density at radius 3 is 2.85 bits per heavy atom. The molecule has 0 aromatic carbocycles. The average molecular weight is 315 g/mol. The number of hydrogen-bond acceptors (Lipinski definition) is 5. The van der Waals surface area contributed by atoms with Crippen molar-refractivity contribution in [2.24, 2.45) is 5.84 Å². The van der Waals surface area contributed by atoms with Crippen LogP contribution in [0.2, 0.25) is 5.02 Å². The highest BCUT2D eigenvalue weighted by atomic mass is 35.5. The summed E-state index contributed by atoms with van der Waals surface area (Å²) in [5.74, 6) is 6.48. The molecule has 0 aliphatic rings. The fraction of sp³-hybridized carbons (Fsp3) is 0.462. The van der Waals surface area contributed by atoms with Gasteiger partial charge in [-0.2, -0.15) is 5.10 Å². The molecular formula is C13H19ClN4OS. The van der Waals surface area contributed by atoms with Gasteiger partial charge in [0.15, 0.2) is 5.75 Å². The van der Waals surface area contributed by atoms with Gasteiger partial charge in [0, 0.05) is 11.4 Å². The van der Waals surface area contributed by atoms with E-state index in [0.717, 1.165) is 34.1 Å². The lowest BCUT2D eigenvalue weighted by atomic mass is 10.1. The summed E-state index contributed by atoms with van der Waals surface area (Å²) in [5.41, 5.74) is 4.79. The van der Waals surface area contributed by atoms with Crippen molar-refractivity contribution in [3.05, 3.63) is 32.7 Å². The van der Waals surface area contributed by atoms with Gasteiger partial charge in [0.1, 0.15) is 11.7 Å². The highest BCUT2D eigenvalue weighted by Crippen LogP contribution is 2.38. The Morgan fingerprint density at radius 1 is 1.60 bits per heavy atom. The molecule has 0 aliphatic carbocycles. The normalized spacial score (nSPS) is 12.7. The summed E-state index contributed by atoms with van der Waals surface area (Å²) < 4.78 is 7.32. The molecule has 2 aromatic heterocycles. The van der Waals surface area contributed by atoms with Crippen LogP contribution in [0.15, 0.2) is 11.6 Å². The fourth-order valence-corrected chi connectivity index (χ4v) is 3.50. The van der Waals surface area contributed by atoms with Crippen LogP contribution in [0, 0.1) is 6.92 Å². The number of halogens is 1. The molecule has 0 saturated carbocycles. The zero-order chi connectivity index (χ0) is 14.7. The maximum atomic E-state index is 6.37. The summed E-state index contributed by atoms with van der Waals surface area (Å²) in [4.78, 5) is 0.975. The fourth-order valence-electron chi connectivity index (χ4n) is 2.14. The summed E-state index contributed by atoms with van der Waals surface area (Å²) in [5, 5.41) is 7.13. The largest absolute Gasteiger partial charge is 0.493 e. The number of aromatic nitrogens is 2. The monoisotopic (exact) mass is 314 g/mol. The molecule has 3 N–H and O–H groups in total. The van der Waals surface area contributed by atoms with E-state index < -0.39 is 0 Å². The Balaban J connectivity index is 2.50. The molecule has 0 fully saturated rings. The standard InChI is InChI=1S/C13H19ClN4OS/c1-4-5-18-12(9(19-3)6-16-18)11(17-15)13-10(14)8(2)7-20-13/h6-7,11,17H,4-5,15H2,1-3H3. The summed E-state index contributed by atoms with van der Waals surface area (Å²) in [6.07, 6.45) is 2.69. The van der Waals surface area contributed by atoms with E-state index in [1.54, 1.807) is 24.6 Å². The molecule has 0 radical (unpaired) electrons. The highest BCUT2D eigenvalue weighted by molar-refractivity contribution is 7.10. The molecule has 2 rings (SSSR count). The number of ether oxygens (including phenoxy) is 1. The number of hydrogen-bond donors (Lipinski definition) is 2. The molecule has 5 nitrogen and oxygen atoms in total. The molecule has 2 aromatic rings. The molecule has 0 bridgehead atoms. The van der Waals surface area contributed by atoms with E-state index in [2.05, 4.69) is 17.4 Å². The van der Waals surface area contributed by atoms with Gasteiger partial charge in [-0.25, -0.2) is 5.43 Å². The van der Waals surface area contributed by atoms with Gasteiger partial charge in [-0.15, -0.1) is 11.3 Å². The Kier molecular flexibility index (Phi) is 5.04. The first kappa shape index (κ1) is 15.3. The van der Waals surface area contributed by atoms with Crippen molar-refractivity contribution in [3.63, 3.8) is 0 Å². The number of aryl methyl sites for hydroxylation is 2. The number of hydrazine groups is 1. The third kappa shape index (κ3) is 2.69. The molecular weight excluding hydrogens is 296 g/mol. The summed E-state index contributed by atoms with van der Waals surface area (Å²) >= 11 is 7.95. The Hall–Kier alpha value is -1.08. The first-order valence-corrected chi connectivity index (χ1v) is 7.69. The maximum absolute atomic E-state index is 6.37. The molecule has 20 heavy (non-hydrogen) atoms. The van der Waals surface area contributed by atoms with E-state index in [1.807, 2.05) is 17.0 Å². The van der Waals surface area contributed by atoms with Crippen molar-refractivity contribution < 1.29 is 4.74 Å². The molecule has 110 valence electrons. The van der Waals surface area contributed by atoms with Crippen LogP contribution in [0.5, 0.6) is 5.75 Å². The zero-order valence-corrected chi connectivity index (χ0v) is 13.4. The second-order valence-electron chi connectivity index (χ2n) is 4.52. The van der Waals surface area contributed by atoms with Gasteiger partial charge in [-0.05, 0) is 24.3 Å². The van der Waals surface area contributed by atoms with Gasteiger partial charge in [0.05, 0.1) is 18.3 Å². The summed E-state index contributed by atoms with van der Waals surface area (Å²) in [6, 6.07) is -0.231. The van der Waals surface area contributed by atoms with E-state index in [-0.39, 0.29) is 6.04 Å². The lowest BCUT2D eigenvalue weighted by Gasteiger charge is -2.18. The van der Waals surface area contributed by atoms with E-state index in [0.29, 0.717) is 5.75 Å². The first-order chi connectivity index (χ1) is 9.63. The van der Waals surface area contributed by atoms with Gasteiger partial charge in [0.25, 0.3) is 0 Å². The minimum atomic E-state index is -0.231. The SMILES string of the molecule is CCCn1ncc(OC)c1C(NN)c1scc(C)c1Cl. The average Bonchev–Trinajstić information content (AvgIpc) is 2.99. The second kappa shape index (κ2) is 6.58. The zero-order valence-electron chi connectivity index (χ0n) is 11.8. The lowest BCUT2D eigenvalue weighted by Crippen LogP contribution is -2.30. The Labute approximate surface area is 127 Å². The smallest absolute Gasteiger partial charge is 0.162 e. The van der Waals surface area contributed by atoms with Crippen LogP contribution >= 0.6 is 22.9 Å². The molecule has 0 amide bonds. The van der Waals surface area contributed by atoms with Gasteiger partial charge < -0.3 is 4.74 Å². The second-order valence-corrected chi connectivity index (χ2v) is 5.81. The Morgan fingerprint density at radius 2 is 2.35 bits per heavy atom. The summed E-state index contributed by atoms with van der Waals surface area (Å²) in [6.45, 7) is 4.89. The van der Waals surface area contributed by atoms with Crippen LogP contribution in [0.3, 0.4) is 0 Å². The molecule has 7 heteroatoms. The number of rotatable bonds is 6. The van der Waals surface area contributed by atoms with Crippen molar-refractivity contribution in [2.45, 2.75) is 32.9 Å². The van der Waals surface area contributed by atoms with Crippen molar-refractivity contribution in [2.75, 3.05) is 7.11 Å². The molecule has 0 saturated heterocycles. The van der Waals surface area contributed by atoms with Crippen molar-refractivity contribution in [1.82, 2.24) is 15.2 Å². The minimum Gasteiger partial charge on any atom is -0.493 e. The maximum Gasteiger partial charge on any atom is 0.162 e. The van der Waals surface area contributed by atoms with E-state index in [9.17, 15) is 0 Å². The lowest BCUT2D eigenvalue weighted by molar-refractivity contribution is 0.399. The Bertz CT molecular complexity index is 581. The van der Waals surface area contributed by atoms with Crippen molar-refractivity contribution >= 4 is 22.9 Å². The third-order valence-corrected chi connectivity index (χ3v) is 4.91. The third-order valence-electron chi connectivity index (χ3n) is 3.13. The van der Waals surface area contributed by atoms with Crippen LogP contribution in [0.1, 0.15) is 35.5 Å². The van der Waals surface area contributed by atoms with Crippen LogP contribution < -0.4 is 16.0 Å². The molecule has 0 spiro atoms. The predicted molar refractivity (Wildman–Crippen MR) is 82.3 cm³/mol. The van der Waals surface area contributed by atoms with Gasteiger partial charge in [-0.1, -0.05) is 18.5 Å². The summed E-state index contributed by atoms with van der Waals surface area (Å²) in [7, 11) is 1.63. The molecule has 1 atom stereocenters. The predicted octanol–water partition coefficient (Wildman–Crippen LogP) is 2.88. The van der Waals surface area contributed by atoms with Crippen LogP contribution in [0.25, 0.3) is 0 Å². The first-order valence-electron chi connectivity index (χ1n) is 6.43. The number of nitrogens with two attached hydrogens (primary N) is 1. The quantitative estimate of drug-likeness (QED) is 0.635. The van der Waals surface area contributed by atoms with E-state index >= 15 is 0 Å². The van der Waals surface area contributed by atoms with Gasteiger partial charge >= 0.3 is 0 Å². The minimum absolute atomic E-state index is 0.231. The number of nitrogens with zero attached hydrogens (tertiary/aromatic N) is 2. The van der Waals surface area contributed by atoms with Crippen LogP contribution in [-0.2, 0) is 6.54 Å². The molecule has 2 heterocycles. The molecule has 1 unspecified atom stereocenters. The van der Waals surface area contributed by atoms with E-state index in [4.69, 9.17) is 22.2 Å². The van der Waals surface area contributed by atoms with Crippen LogP contribution in [-0.4, -0.2) is 16.9 Å². The highest BCUT2D eigenvalue weighted by Gasteiger charge is 2.26. The number of nitrogens with one attached hydrogen (secondary N) is 1. The molecule has 0 aliphatic heterocycles. The number of methoxy groups -OCH3 is 1. The van der Waals surface area contributed by atoms with Crippen molar-refractivity contribution in [3.8, 4) is 5.75 Å². The van der Waals surface area contributed by atoms with E-state index in [1.165, 1.54) is 0 Å². The van der Waals surface area contributed by atoms with Gasteiger partial charge in [-0.3, -0.25) is 10.5 Å².